The number of benzene rings is 2. The minimum absolute atomic E-state index is 0.153. The quantitative estimate of drug-likeness (QED) is 0.577. The van der Waals surface area contributed by atoms with Gasteiger partial charge in [0.05, 0.1) is 5.02 Å². The van der Waals surface area contributed by atoms with Crippen molar-refractivity contribution in [3.63, 3.8) is 0 Å². The third-order valence-corrected chi connectivity index (χ3v) is 3.90. The van der Waals surface area contributed by atoms with Gasteiger partial charge in [-0.25, -0.2) is 0 Å². The molecule has 1 aromatic heterocycles. The molecule has 2 aromatic carbocycles. The Morgan fingerprint density at radius 1 is 1.05 bits per heavy atom. The van der Waals surface area contributed by atoms with Crippen LogP contribution in [-0.2, 0) is 0 Å². The number of rotatable bonds is 2. The van der Waals surface area contributed by atoms with E-state index >= 15 is 0 Å². The molecule has 0 aliphatic rings. The number of ketones is 1. The zero-order valence-corrected chi connectivity index (χ0v) is 13.0. The number of carbonyl (C=O) groups is 1. The molecular weight excluding hydrogens is 307 g/mol. The Morgan fingerprint density at radius 3 is 2.57 bits per heavy atom. The lowest BCUT2D eigenvalue weighted by molar-refractivity contribution is 0.101. The number of hydrogen-bond acceptors (Lipinski definition) is 2. The second-order valence-corrected chi connectivity index (χ2v) is 5.91. The summed E-state index contributed by atoms with van der Waals surface area (Å²) < 4.78 is 5.62. The highest BCUT2D eigenvalue weighted by molar-refractivity contribution is 6.38. The average molecular weight is 319 g/mol. The summed E-state index contributed by atoms with van der Waals surface area (Å²) in [5, 5.41) is 1.64. The van der Waals surface area contributed by atoms with E-state index in [4.69, 9.17) is 27.6 Å². The van der Waals surface area contributed by atoms with Crippen molar-refractivity contribution in [1.29, 1.82) is 0 Å². The van der Waals surface area contributed by atoms with E-state index in [0.29, 0.717) is 21.2 Å². The Hall–Kier alpha value is -1.77. The molecule has 21 heavy (non-hydrogen) atoms. The first-order chi connectivity index (χ1) is 9.95. The smallest absolute Gasteiger partial charge is 0.228 e. The van der Waals surface area contributed by atoms with E-state index in [-0.39, 0.29) is 11.5 Å². The molecule has 2 nitrogen and oxygen atoms in total. The highest BCUT2D eigenvalue weighted by atomic mass is 35.5. The molecule has 0 amide bonds. The molecule has 3 rings (SSSR count). The van der Waals surface area contributed by atoms with E-state index in [9.17, 15) is 4.79 Å². The van der Waals surface area contributed by atoms with Gasteiger partial charge >= 0.3 is 0 Å². The number of furan rings is 1. The van der Waals surface area contributed by atoms with Crippen molar-refractivity contribution in [2.45, 2.75) is 13.8 Å². The van der Waals surface area contributed by atoms with Crippen LogP contribution in [-0.4, -0.2) is 5.78 Å². The van der Waals surface area contributed by atoms with Crippen LogP contribution in [0.25, 0.3) is 11.0 Å². The van der Waals surface area contributed by atoms with Crippen LogP contribution in [0.1, 0.15) is 27.2 Å². The monoisotopic (exact) mass is 318 g/mol. The van der Waals surface area contributed by atoms with Crippen LogP contribution < -0.4 is 0 Å². The second-order valence-electron chi connectivity index (χ2n) is 5.06. The molecular formula is C17H12Cl2O2. The summed E-state index contributed by atoms with van der Waals surface area (Å²) >= 11 is 12.1. The molecule has 0 N–H and O–H groups in total. The fourth-order valence-electron chi connectivity index (χ4n) is 2.30. The summed E-state index contributed by atoms with van der Waals surface area (Å²) in [6.07, 6.45) is 0. The molecule has 0 fully saturated rings. The second kappa shape index (κ2) is 5.21. The molecule has 1 heterocycles. The van der Waals surface area contributed by atoms with Crippen molar-refractivity contribution in [3.05, 3.63) is 68.9 Å². The average Bonchev–Trinajstić information content (AvgIpc) is 2.85. The van der Waals surface area contributed by atoms with E-state index in [1.54, 1.807) is 18.2 Å². The third-order valence-electron chi connectivity index (χ3n) is 3.40. The Bertz CT molecular complexity index is 863. The molecule has 0 unspecified atom stereocenters. The molecule has 0 saturated carbocycles. The Kier molecular flexibility index (Phi) is 3.52. The predicted molar refractivity (Wildman–Crippen MR) is 85.6 cm³/mol. The van der Waals surface area contributed by atoms with Gasteiger partial charge in [0, 0.05) is 16.0 Å². The van der Waals surface area contributed by atoms with Crippen molar-refractivity contribution in [1.82, 2.24) is 0 Å². The third kappa shape index (κ3) is 2.57. The van der Waals surface area contributed by atoms with Crippen molar-refractivity contribution in [2.24, 2.45) is 0 Å². The maximum Gasteiger partial charge on any atom is 0.228 e. The van der Waals surface area contributed by atoms with Gasteiger partial charge in [0.25, 0.3) is 0 Å². The number of fused-ring (bicyclic) bond motifs is 1. The summed E-state index contributed by atoms with van der Waals surface area (Å²) in [6, 6.07) is 10.8. The number of hydrogen-bond donors (Lipinski definition) is 0. The van der Waals surface area contributed by atoms with Gasteiger partial charge in [-0.1, -0.05) is 40.9 Å². The molecule has 106 valence electrons. The van der Waals surface area contributed by atoms with E-state index in [0.717, 1.165) is 16.5 Å². The van der Waals surface area contributed by atoms with Crippen LogP contribution in [0.3, 0.4) is 0 Å². The van der Waals surface area contributed by atoms with Crippen LogP contribution in [0.4, 0.5) is 0 Å². The van der Waals surface area contributed by atoms with Gasteiger partial charge in [-0.15, -0.1) is 0 Å². The van der Waals surface area contributed by atoms with Gasteiger partial charge in [0.1, 0.15) is 0 Å². The maximum atomic E-state index is 12.6. The largest absolute Gasteiger partial charge is 0.451 e. The van der Waals surface area contributed by atoms with Gasteiger partial charge < -0.3 is 4.42 Å². The standard InChI is InChI=1S/C17H12Cl2O2/c1-9-3-4-10(2)13(5-9)16(20)15-7-11-6-12(18)8-14(19)17(11)21-15/h3-8H,1-2H3. The Labute approximate surface area is 132 Å². The number of halogens is 2. The Balaban J connectivity index is 2.14. The molecule has 0 atom stereocenters. The van der Waals surface area contributed by atoms with E-state index < -0.39 is 0 Å². The summed E-state index contributed by atoms with van der Waals surface area (Å²) in [5.41, 5.74) is 3.06. The molecule has 0 radical (unpaired) electrons. The zero-order valence-electron chi connectivity index (χ0n) is 11.5. The fraction of sp³-hybridized carbons (Fsp3) is 0.118. The summed E-state index contributed by atoms with van der Waals surface area (Å²) in [4.78, 5) is 12.6. The fourth-order valence-corrected chi connectivity index (χ4v) is 2.85. The van der Waals surface area contributed by atoms with Crippen molar-refractivity contribution < 1.29 is 9.21 Å². The highest BCUT2D eigenvalue weighted by Gasteiger charge is 2.18. The van der Waals surface area contributed by atoms with Crippen LogP contribution >= 0.6 is 23.2 Å². The lowest BCUT2D eigenvalue weighted by Crippen LogP contribution is -2.02. The first kappa shape index (κ1) is 14.2. The lowest BCUT2D eigenvalue weighted by atomic mass is 10.0. The van der Waals surface area contributed by atoms with Crippen molar-refractivity contribution in [3.8, 4) is 0 Å². The Morgan fingerprint density at radius 2 is 1.81 bits per heavy atom. The van der Waals surface area contributed by atoms with E-state index in [1.165, 1.54) is 0 Å². The molecule has 3 aromatic rings. The first-order valence-corrected chi connectivity index (χ1v) is 7.22. The van der Waals surface area contributed by atoms with E-state index in [2.05, 4.69) is 0 Å². The van der Waals surface area contributed by atoms with Gasteiger partial charge in [-0.05, 0) is 43.7 Å². The zero-order chi connectivity index (χ0) is 15.1. The molecule has 0 aliphatic heterocycles. The molecule has 0 bridgehead atoms. The normalized spacial score (nSPS) is 11.0. The molecule has 0 aliphatic carbocycles. The van der Waals surface area contributed by atoms with Gasteiger partial charge in [-0.3, -0.25) is 4.79 Å². The van der Waals surface area contributed by atoms with Crippen molar-refractivity contribution in [2.75, 3.05) is 0 Å². The predicted octanol–water partition coefficient (Wildman–Crippen LogP) is 5.59. The molecule has 0 spiro atoms. The van der Waals surface area contributed by atoms with Crippen LogP contribution in [0, 0.1) is 13.8 Å². The number of carbonyl (C=O) groups excluding carboxylic acids is 1. The summed E-state index contributed by atoms with van der Waals surface area (Å²) in [6.45, 7) is 3.85. The minimum Gasteiger partial charge on any atom is -0.451 e. The maximum absolute atomic E-state index is 12.6. The van der Waals surface area contributed by atoms with Gasteiger partial charge in [0.15, 0.2) is 11.3 Å². The van der Waals surface area contributed by atoms with Gasteiger partial charge in [-0.2, -0.15) is 0 Å². The van der Waals surface area contributed by atoms with Crippen LogP contribution in [0.15, 0.2) is 40.8 Å². The van der Waals surface area contributed by atoms with Crippen LogP contribution in [0.2, 0.25) is 10.0 Å². The highest BCUT2D eigenvalue weighted by Crippen LogP contribution is 2.31. The number of aryl methyl sites for hydroxylation is 2. The summed E-state index contributed by atoms with van der Waals surface area (Å²) in [5.74, 6) is 0.113. The SMILES string of the molecule is Cc1ccc(C)c(C(=O)c2cc3cc(Cl)cc(Cl)c3o2)c1. The van der Waals surface area contributed by atoms with E-state index in [1.807, 2.05) is 32.0 Å². The molecule has 0 saturated heterocycles. The molecule has 4 heteroatoms. The topological polar surface area (TPSA) is 30.2 Å². The minimum atomic E-state index is -0.153. The van der Waals surface area contributed by atoms with Crippen molar-refractivity contribution >= 4 is 40.0 Å². The summed E-state index contributed by atoms with van der Waals surface area (Å²) in [7, 11) is 0. The van der Waals surface area contributed by atoms with Crippen LogP contribution in [0.5, 0.6) is 0 Å². The first-order valence-electron chi connectivity index (χ1n) is 6.46. The van der Waals surface area contributed by atoms with Gasteiger partial charge in [0.2, 0.25) is 5.78 Å². The lowest BCUT2D eigenvalue weighted by Gasteiger charge is -2.03.